The first-order valence-corrected chi connectivity index (χ1v) is 10.6. The van der Waals surface area contributed by atoms with Gasteiger partial charge in [0.25, 0.3) is 0 Å². The second-order valence-electron chi connectivity index (χ2n) is 8.88. The lowest BCUT2D eigenvalue weighted by Gasteiger charge is -2.42. The molecule has 0 unspecified atom stereocenters. The van der Waals surface area contributed by atoms with Gasteiger partial charge in [-0.1, -0.05) is 6.07 Å². The summed E-state index contributed by atoms with van der Waals surface area (Å²) in [6, 6.07) is 4.77. The smallest absolute Gasteiger partial charge is 0.224 e. The minimum atomic E-state index is -0.314. The zero-order chi connectivity index (χ0) is 20.0. The Bertz CT molecular complexity index is 614. The molecule has 2 aliphatic rings. The number of carbonyl (C=O) groups is 1. The van der Waals surface area contributed by atoms with Crippen molar-refractivity contribution in [2.24, 2.45) is 5.92 Å². The van der Waals surface area contributed by atoms with Crippen molar-refractivity contribution in [2.45, 2.75) is 57.7 Å². The molecule has 0 aliphatic carbocycles. The quantitative estimate of drug-likeness (QED) is 0.777. The van der Waals surface area contributed by atoms with Crippen LogP contribution in [0.3, 0.4) is 0 Å². The van der Waals surface area contributed by atoms with Crippen LogP contribution in [0, 0.1) is 5.92 Å². The highest BCUT2D eigenvalue weighted by molar-refractivity contribution is 5.79. The summed E-state index contributed by atoms with van der Waals surface area (Å²) in [6.07, 6.45) is 8.27. The van der Waals surface area contributed by atoms with Crippen molar-refractivity contribution < 1.29 is 9.53 Å². The average Bonchev–Trinajstić information content (AvgIpc) is 2.73. The minimum absolute atomic E-state index is 0.106. The molecule has 0 radical (unpaired) electrons. The molecular formula is C22H36N4O2. The predicted molar refractivity (Wildman–Crippen MR) is 111 cm³/mol. The van der Waals surface area contributed by atoms with E-state index >= 15 is 0 Å². The molecule has 3 heterocycles. The van der Waals surface area contributed by atoms with Gasteiger partial charge in [0.15, 0.2) is 0 Å². The van der Waals surface area contributed by atoms with E-state index in [9.17, 15) is 4.79 Å². The summed E-state index contributed by atoms with van der Waals surface area (Å²) in [5.74, 6) is 0.290. The number of ether oxygens (including phenoxy) is 1. The Kier molecular flexibility index (Phi) is 7.43. The molecule has 1 atom stereocenters. The lowest BCUT2D eigenvalue weighted by atomic mass is 9.93. The van der Waals surface area contributed by atoms with E-state index < -0.39 is 0 Å². The normalized spacial score (nSPS) is 22.9. The number of methoxy groups -OCH3 is 1. The van der Waals surface area contributed by atoms with Crippen molar-refractivity contribution >= 4 is 5.91 Å². The van der Waals surface area contributed by atoms with E-state index in [4.69, 9.17) is 4.74 Å². The van der Waals surface area contributed by atoms with Crippen LogP contribution in [0.25, 0.3) is 0 Å². The lowest BCUT2D eigenvalue weighted by Crippen LogP contribution is -2.51. The zero-order valence-electron chi connectivity index (χ0n) is 17.7. The third-order valence-corrected chi connectivity index (χ3v) is 6.27. The maximum Gasteiger partial charge on any atom is 0.224 e. The fourth-order valence-corrected chi connectivity index (χ4v) is 4.26. The third kappa shape index (κ3) is 6.00. The minimum Gasteiger partial charge on any atom is -0.377 e. The van der Waals surface area contributed by atoms with E-state index in [2.05, 4.69) is 26.2 Å². The van der Waals surface area contributed by atoms with Crippen molar-refractivity contribution in [1.82, 2.24) is 20.1 Å². The van der Waals surface area contributed by atoms with Gasteiger partial charge in [0.2, 0.25) is 5.91 Å². The number of nitrogens with zero attached hydrogens (tertiary/aromatic N) is 3. The number of amides is 1. The van der Waals surface area contributed by atoms with Gasteiger partial charge in [-0.05, 0) is 70.8 Å². The second kappa shape index (κ2) is 9.81. The Labute approximate surface area is 169 Å². The van der Waals surface area contributed by atoms with Crippen LogP contribution in [0.4, 0.5) is 0 Å². The topological polar surface area (TPSA) is 57.7 Å². The number of hydrogen-bond donors (Lipinski definition) is 1. The number of rotatable bonds is 7. The van der Waals surface area contributed by atoms with Crippen LogP contribution < -0.4 is 5.32 Å². The van der Waals surface area contributed by atoms with Crippen LogP contribution in [0.1, 0.15) is 45.1 Å². The molecule has 1 aromatic rings. The number of nitrogens with one attached hydrogen (secondary N) is 1. The van der Waals surface area contributed by atoms with Crippen LogP contribution in [-0.2, 0) is 16.1 Å². The van der Waals surface area contributed by atoms with Crippen LogP contribution in [-0.4, -0.2) is 72.2 Å². The predicted octanol–water partition coefficient (Wildman–Crippen LogP) is 2.30. The van der Waals surface area contributed by atoms with E-state index in [1.54, 1.807) is 7.11 Å². The van der Waals surface area contributed by atoms with E-state index in [1.165, 1.54) is 18.4 Å². The summed E-state index contributed by atoms with van der Waals surface area (Å²) in [5, 5.41) is 3.10. The summed E-state index contributed by atoms with van der Waals surface area (Å²) in [6.45, 7) is 9.81. The van der Waals surface area contributed by atoms with E-state index in [-0.39, 0.29) is 17.4 Å². The Morgan fingerprint density at radius 1 is 1.29 bits per heavy atom. The Morgan fingerprint density at radius 2 is 2.07 bits per heavy atom. The van der Waals surface area contributed by atoms with E-state index in [1.807, 2.05) is 32.3 Å². The molecule has 1 N–H and O–H groups in total. The maximum atomic E-state index is 12.6. The standard InChI is InChI=1S/C22H36N4O2/c1-22(2,28-3)17-24-21(27)19-7-5-11-26(16-19)20-8-12-25(13-9-20)15-18-6-4-10-23-14-18/h4,6,10,14,19-20H,5,7-9,11-13,15-17H2,1-3H3,(H,24,27)/t19-/m0/s1. The molecule has 2 aliphatic heterocycles. The van der Waals surface area contributed by atoms with Gasteiger partial charge in [-0.25, -0.2) is 0 Å². The molecular weight excluding hydrogens is 352 g/mol. The van der Waals surface area contributed by atoms with Crippen molar-refractivity contribution in [3.05, 3.63) is 30.1 Å². The first kappa shape index (κ1) is 21.2. The summed E-state index contributed by atoms with van der Waals surface area (Å²) in [7, 11) is 1.69. The molecule has 2 saturated heterocycles. The molecule has 1 amide bonds. The van der Waals surface area contributed by atoms with Gasteiger partial charge in [-0.15, -0.1) is 0 Å². The van der Waals surface area contributed by atoms with E-state index in [0.29, 0.717) is 12.6 Å². The molecule has 0 bridgehead atoms. The number of carbonyl (C=O) groups excluding carboxylic acids is 1. The van der Waals surface area contributed by atoms with Crippen molar-refractivity contribution in [3.63, 3.8) is 0 Å². The van der Waals surface area contributed by atoms with Gasteiger partial charge < -0.3 is 10.1 Å². The summed E-state index contributed by atoms with van der Waals surface area (Å²) in [4.78, 5) is 21.9. The molecule has 156 valence electrons. The van der Waals surface area contributed by atoms with Gasteiger partial charge in [-0.3, -0.25) is 19.6 Å². The van der Waals surface area contributed by atoms with Gasteiger partial charge in [-0.2, -0.15) is 0 Å². The number of hydrogen-bond acceptors (Lipinski definition) is 5. The Balaban J connectivity index is 1.44. The Morgan fingerprint density at radius 3 is 2.75 bits per heavy atom. The van der Waals surface area contributed by atoms with Crippen LogP contribution >= 0.6 is 0 Å². The maximum absolute atomic E-state index is 12.6. The van der Waals surface area contributed by atoms with Gasteiger partial charge in [0, 0.05) is 45.2 Å². The Hall–Kier alpha value is -1.50. The lowest BCUT2D eigenvalue weighted by molar-refractivity contribution is -0.128. The van der Waals surface area contributed by atoms with Crippen LogP contribution in [0.2, 0.25) is 0 Å². The van der Waals surface area contributed by atoms with Crippen molar-refractivity contribution in [3.8, 4) is 0 Å². The van der Waals surface area contributed by atoms with Gasteiger partial charge in [0.05, 0.1) is 11.5 Å². The zero-order valence-corrected chi connectivity index (χ0v) is 17.7. The largest absolute Gasteiger partial charge is 0.377 e. The highest BCUT2D eigenvalue weighted by Crippen LogP contribution is 2.25. The highest BCUT2D eigenvalue weighted by Gasteiger charge is 2.32. The van der Waals surface area contributed by atoms with Crippen LogP contribution in [0.5, 0.6) is 0 Å². The summed E-state index contributed by atoms with van der Waals surface area (Å²) in [5.41, 5.74) is 0.972. The summed E-state index contributed by atoms with van der Waals surface area (Å²) < 4.78 is 5.41. The second-order valence-corrected chi connectivity index (χ2v) is 8.88. The van der Waals surface area contributed by atoms with E-state index in [0.717, 1.165) is 45.6 Å². The first-order valence-electron chi connectivity index (χ1n) is 10.6. The number of pyridine rings is 1. The molecule has 6 heteroatoms. The molecule has 0 saturated carbocycles. The third-order valence-electron chi connectivity index (χ3n) is 6.27. The average molecular weight is 389 g/mol. The van der Waals surface area contributed by atoms with Gasteiger partial charge in [0.1, 0.15) is 0 Å². The first-order chi connectivity index (χ1) is 13.5. The summed E-state index contributed by atoms with van der Waals surface area (Å²) >= 11 is 0. The van der Waals surface area contributed by atoms with Crippen molar-refractivity contribution in [1.29, 1.82) is 0 Å². The number of likely N-dealkylation sites (tertiary alicyclic amines) is 2. The molecule has 0 spiro atoms. The molecule has 3 rings (SSSR count). The molecule has 28 heavy (non-hydrogen) atoms. The SMILES string of the molecule is COC(C)(C)CNC(=O)[C@H]1CCCN(C2CCN(Cc3cccnc3)CC2)C1. The fourth-order valence-electron chi connectivity index (χ4n) is 4.26. The molecule has 1 aromatic heterocycles. The highest BCUT2D eigenvalue weighted by atomic mass is 16.5. The van der Waals surface area contributed by atoms with Crippen LogP contribution in [0.15, 0.2) is 24.5 Å². The number of aromatic nitrogens is 1. The fraction of sp³-hybridized carbons (Fsp3) is 0.727. The molecule has 0 aromatic carbocycles. The number of piperidine rings is 2. The van der Waals surface area contributed by atoms with Crippen molar-refractivity contribution in [2.75, 3.05) is 39.8 Å². The molecule has 6 nitrogen and oxygen atoms in total. The molecule has 2 fully saturated rings. The van der Waals surface area contributed by atoms with Gasteiger partial charge >= 0.3 is 0 Å². The monoisotopic (exact) mass is 388 g/mol.